The minimum atomic E-state index is -4.77. The van der Waals surface area contributed by atoms with Gasteiger partial charge in [0.2, 0.25) is 0 Å². The van der Waals surface area contributed by atoms with E-state index in [0.717, 1.165) is 116 Å². The molecule has 4 N–H and O–H groups in total. The first kappa shape index (κ1) is 48.2. The van der Waals surface area contributed by atoms with Crippen LogP contribution in [0.25, 0.3) is 0 Å². The van der Waals surface area contributed by atoms with Crippen molar-refractivity contribution in [2.24, 2.45) is 0 Å². The number of aliphatic hydroxyl groups excluding tert-OH is 2. The van der Waals surface area contributed by atoms with Crippen molar-refractivity contribution < 1.29 is 48.2 Å². The molecule has 10 nitrogen and oxygen atoms in total. The molecule has 0 saturated carbocycles. The Balaban J connectivity index is 3.97. The summed E-state index contributed by atoms with van der Waals surface area (Å²) < 4.78 is 26.3. The Morgan fingerprint density at radius 1 is 0.500 bits per heavy atom. The quantitative estimate of drug-likeness (QED) is 0.0210. The molecule has 0 fully saturated rings. The molecule has 0 aromatic carbocycles. The molecular weight excluding hydrogens is 659 g/mol. The summed E-state index contributed by atoms with van der Waals surface area (Å²) >= 11 is 0. The van der Waals surface area contributed by atoms with Crippen molar-refractivity contribution in [3.63, 3.8) is 0 Å². The van der Waals surface area contributed by atoms with Gasteiger partial charge in [-0.05, 0) is 83.5 Å². The number of hydrogen-bond acceptors (Lipinski definition) is 8. The normalized spacial score (nSPS) is 12.8. The van der Waals surface area contributed by atoms with Gasteiger partial charge >= 0.3 is 19.8 Å². The number of phosphoric acid groups is 1. The first-order chi connectivity index (χ1) is 24.3. The maximum absolute atomic E-state index is 12.4. The van der Waals surface area contributed by atoms with Gasteiger partial charge in [0.1, 0.15) is 6.61 Å². The summed E-state index contributed by atoms with van der Waals surface area (Å²) in [5, 5.41) is 17.6. The second kappa shape index (κ2) is 37.0. The number of phosphoric ester groups is 1. The largest absolute Gasteiger partial charge is 0.469 e. The molecule has 0 bridgehead atoms. The van der Waals surface area contributed by atoms with E-state index in [0.29, 0.717) is 19.4 Å². The van der Waals surface area contributed by atoms with Crippen LogP contribution in [0.2, 0.25) is 0 Å². The zero-order valence-corrected chi connectivity index (χ0v) is 31.8. The molecule has 0 saturated heterocycles. The zero-order chi connectivity index (χ0) is 36.8. The molecule has 292 valence electrons. The molecule has 0 aromatic heterocycles. The molecule has 11 heteroatoms. The third-order valence-electron chi connectivity index (χ3n) is 8.24. The molecule has 0 aliphatic rings. The first-order valence-corrected chi connectivity index (χ1v) is 21.0. The molecular formula is C39H71O10P. The van der Waals surface area contributed by atoms with Gasteiger partial charge in [-0.2, -0.15) is 0 Å². The second-order valence-electron chi connectivity index (χ2n) is 13.1. The summed E-state index contributed by atoms with van der Waals surface area (Å²) in [7, 11) is -4.77. The van der Waals surface area contributed by atoms with Crippen LogP contribution in [0.1, 0.15) is 167 Å². The van der Waals surface area contributed by atoms with Gasteiger partial charge in [-0.25, -0.2) is 4.57 Å². The maximum Gasteiger partial charge on any atom is 0.469 e. The molecule has 0 unspecified atom stereocenters. The molecule has 0 rings (SSSR count). The average molecular weight is 731 g/mol. The van der Waals surface area contributed by atoms with Crippen LogP contribution < -0.4 is 0 Å². The number of ether oxygens (including phenoxy) is 2. The topological polar surface area (TPSA) is 160 Å². The zero-order valence-electron chi connectivity index (χ0n) is 30.9. The molecule has 0 radical (unpaired) electrons. The van der Waals surface area contributed by atoms with Crippen molar-refractivity contribution in [1.82, 2.24) is 0 Å². The van der Waals surface area contributed by atoms with Crippen molar-refractivity contribution in [2.75, 3.05) is 26.4 Å². The summed E-state index contributed by atoms with van der Waals surface area (Å²) in [6.45, 7) is -0.298. The van der Waals surface area contributed by atoms with Crippen LogP contribution in [0.3, 0.4) is 0 Å². The molecule has 0 aromatic rings. The predicted octanol–water partition coefficient (Wildman–Crippen LogP) is 9.35. The van der Waals surface area contributed by atoms with Gasteiger partial charge in [-0.15, -0.1) is 0 Å². The third-order valence-corrected chi connectivity index (χ3v) is 8.73. The lowest BCUT2D eigenvalue weighted by Crippen LogP contribution is -2.29. The predicted molar refractivity (Wildman–Crippen MR) is 200 cm³/mol. The van der Waals surface area contributed by atoms with Crippen LogP contribution in [0.5, 0.6) is 0 Å². The van der Waals surface area contributed by atoms with Crippen molar-refractivity contribution in [2.45, 2.75) is 173 Å². The lowest BCUT2D eigenvalue weighted by Gasteiger charge is -2.18. The number of esters is 2. The van der Waals surface area contributed by atoms with Gasteiger partial charge in [-0.3, -0.25) is 14.1 Å². The fourth-order valence-electron chi connectivity index (χ4n) is 5.30. The SMILES string of the molecule is O=C(CCCCCCC/C=C\CCCCCCCCO)OC[C@H](COP(=O)(O)O)OC(=O)CCCCCCC/C=C\C/C=C\CCCCCO. The molecule has 1 atom stereocenters. The number of carbonyl (C=O) groups excluding carboxylic acids is 2. The highest BCUT2D eigenvalue weighted by Crippen LogP contribution is 2.36. The van der Waals surface area contributed by atoms with Crippen LogP contribution in [0.4, 0.5) is 0 Å². The van der Waals surface area contributed by atoms with E-state index in [9.17, 15) is 14.2 Å². The van der Waals surface area contributed by atoms with E-state index in [2.05, 4.69) is 41.0 Å². The average Bonchev–Trinajstić information content (AvgIpc) is 3.08. The minimum Gasteiger partial charge on any atom is -0.462 e. The number of hydrogen-bond donors (Lipinski definition) is 4. The Morgan fingerprint density at radius 3 is 1.34 bits per heavy atom. The number of carbonyl (C=O) groups is 2. The van der Waals surface area contributed by atoms with Gasteiger partial charge < -0.3 is 29.5 Å². The fraction of sp³-hybridized carbons (Fsp3) is 0.795. The monoisotopic (exact) mass is 730 g/mol. The van der Waals surface area contributed by atoms with Gasteiger partial charge in [0.25, 0.3) is 0 Å². The summed E-state index contributed by atoms with van der Waals surface area (Å²) in [5.41, 5.74) is 0. The molecule has 0 heterocycles. The maximum atomic E-state index is 12.4. The summed E-state index contributed by atoms with van der Waals surface area (Å²) in [5.74, 6) is -0.944. The standard InChI is InChI=1S/C39H71O10P/c40-33-29-25-21-17-13-9-5-1-3-7-11-15-19-23-27-31-38(42)47-35-37(36-48-50(44,45)46)49-39(43)32-28-24-20-16-12-8-4-2-6-10-14-18-22-26-30-34-41/h1-4,10,14,37,40-41H,5-9,11-13,15-36H2,(H2,44,45,46)/b3-1-,4-2-,14-10-/t37-/m1/s1. The fourth-order valence-corrected chi connectivity index (χ4v) is 5.66. The van der Waals surface area contributed by atoms with Gasteiger partial charge in [0.15, 0.2) is 6.10 Å². The van der Waals surface area contributed by atoms with E-state index in [1.165, 1.54) is 25.7 Å². The van der Waals surface area contributed by atoms with E-state index >= 15 is 0 Å². The summed E-state index contributed by atoms with van der Waals surface area (Å²) in [6.07, 6.45) is 37.4. The molecule has 0 aliphatic heterocycles. The molecule has 50 heavy (non-hydrogen) atoms. The Hall–Kier alpha value is -1.81. The number of unbranched alkanes of at least 4 members (excludes halogenated alkanes) is 19. The molecule has 0 amide bonds. The van der Waals surface area contributed by atoms with E-state index in [4.69, 9.17) is 29.5 Å². The van der Waals surface area contributed by atoms with Crippen LogP contribution in [0.15, 0.2) is 36.5 Å². The van der Waals surface area contributed by atoms with E-state index in [-0.39, 0.29) is 26.1 Å². The third kappa shape index (κ3) is 39.0. The van der Waals surface area contributed by atoms with E-state index in [1.54, 1.807) is 0 Å². The second-order valence-corrected chi connectivity index (χ2v) is 14.3. The highest BCUT2D eigenvalue weighted by atomic mass is 31.2. The van der Waals surface area contributed by atoms with Crippen LogP contribution in [-0.2, 0) is 28.2 Å². The van der Waals surface area contributed by atoms with Crippen LogP contribution in [-0.4, -0.2) is 64.5 Å². The number of allylic oxidation sites excluding steroid dienone is 6. The lowest BCUT2D eigenvalue weighted by atomic mass is 10.1. The highest BCUT2D eigenvalue weighted by Gasteiger charge is 2.22. The van der Waals surface area contributed by atoms with Gasteiger partial charge in [-0.1, -0.05) is 107 Å². The van der Waals surface area contributed by atoms with Crippen molar-refractivity contribution in [3.05, 3.63) is 36.5 Å². The Morgan fingerprint density at radius 2 is 0.880 bits per heavy atom. The molecule has 0 aliphatic carbocycles. The minimum absolute atomic E-state index is 0.176. The molecule has 0 spiro atoms. The van der Waals surface area contributed by atoms with Crippen molar-refractivity contribution in [1.29, 1.82) is 0 Å². The van der Waals surface area contributed by atoms with Gasteiger partial charge in [0.05, 0.1) is 6.61 Å². The smallest absolute Gasteiger partial charge is 0.462 e. The Labute approximate surface area is 303 Å². The highest BCUT2D eigenvalue weighted by molar-refractivity contribution is 7.46. The van der Waals surface area contributed by atoms with Crippen LogP contribution in [0, 0.1) is 0 Å². The lowest BCUT2D eigenvalue weighted by molar-refractivity contribution is -0.161. The van der Waals surface area contributed by atoms with E-state index in [1.807, 2.05) is 0 Å². The first-order valence-electron chi connectivity index (χ1n) is 19.5. The number of rotatable bonds is 37. The van der Waals surface area contributed by atoms with E-state index < -0.39 is 32.5 Å². The Kier molecular flexibility index (Phi) is 35.6. The number of aliphatic hydroxyl groups is 2. The van der Waals surface area contributed by atoms with Gasteiger partial charge in [0, 0.05) is 26.1 Å². The van der Waals surface area contributed by atoms with Crippen molar-refractivity contribution in [3.8, 4) is 0 Å². The Bertz CT molecular complexity index is 915. The summed E-state index contributed by atoms with van der Waals surface area (Å²) in [6, 6.07) is 0. The van der Waals surface area contributed by atoms with Crippen molar-refractivity contribution >= 4 is 19.8 Å². The van der Waals surface area contributed by atoms with Crippen LogP contribution >= 0.6 is 7.82 Å². The summed E-state index contributed by atoms with van der Waals surface area (Å²) in [4.78, 5) is 42.7.